The van der Waals surface area contributed by atoms with Crippen LogP contribution in [0.2, 0.25) is 0 Å². The first-order chi connectivity index (χ1) is 14.5. The van der Waals surface area contributed by atoms with E-state index in [1.807, 2.05) is 55.3 Å². The molecule has 3 heterocycles. The Labute approximate surface area is 175 Å². The summed E-state index contributed by atoms with van der Waals surface area (Å²) in [6, 6.07) is 11.2. The zero-order valence-corrected chi connectivity index (χ0v) is 17.2. The van der Waals surface area contributed by atoms with Crippen LogP contribution in [0.5, 0.6) is 0 Å². The van der Waals surface area contributed by atoms with Gasteiger partial charge in [0.15, 0.2) is 0 Å². The Morgan fingerprint density at radius 2 is 1.70 bits per heavy atom. The number of hydrogen-bond acceptors (Lipinski definition) is 4. The highest BCUT2D eigenvalue weighted by atomic mass is 16.2. The van der Waals surface area contributed by atoms with Gasteiger partial charge in [0.25, 0.3) is 5.91 Å². The largest absolute Gasteiger partial charge is 0.339 e. The first-order valence-corrected chi connectivity index (χ1v) is 10.1. The predicted octanol–water partition coefficient (Wildman–Crippen LogP) is 3.38. The Morgan fingerprint density at radius 3 is 2.30 bits per heavy atom. The molecule has 30 heavy (non-hydrogen) atoms. The Bertz CT molecular complexity index is 1030. The highest BCUT2D eigenvalue weighted by molar-refractivity contribution is 5.95. The average Bonchev–Trinajstić information content (AvgIpc) is 3.21. The number of pyridine rings is 1. The predicted molar refractivity (Wildman–Crippen MR) is 115 cm³/mol. The average molecular weight is 403 g/mol. The molecule has 0 saturated carbocycles. The molecule has 0 aliphatic carbocycles. The van der Waals surface area contributed by atoms with Crippen LogP contribution in [0.25, 0.3) is 5.69 Å². The summed E-state index contributed by atoms with van der Waals surface area (Å²) in [6.07, 6.45) is 6.77. The van der Waals surface area contributed by atoms with Crippen molar-refractivity contribution in [3.8, 4) is 5.69 Å². The lowest BCUT2D eigenvalue weighted by Crippen LogP contribution is -2.41. The van der Waals surface area contributed by atoms with Crippen molar-refractivity contribution in [2.45, 2.75) is 26.7 Å². The summed E-state index contributed by atoms with van der Waals surface area (Å²) in [7, 11) is 0. The first kappa shape index (κ1) is 19.8. The third-order valence-corrected chi connectivity index (χ3v) is 5.41. The second kappa shape index (κ2) is 8.49. The van der Waals surface area contributed by atoms with Crippen molar-refractivity contribution >= 4 is 17.6 Å². The third-order valence-electron chi connectivity index (χ3n) is 5.41. The Balaban J connectivity index is 1.32. The number of anilines is 1. The number of carbonyl (C=O) groups excluding carboxylic acids is 2. The summed E-state index contributed by atoms with van der Waals surface area (Å²) in [5.41, 5.74) is 3.70. The molecule has 0 radical (unpaired) electrons. The van der Waals surface area contributed by atoms with E-state index in [0.29, 0.717) is 37.3 Å². The van der Waals surface area contributed by atoms with E-state index in [9.17, 15) is 9.59 Å². The Morgan fingerprint density at radius 1 is 0.967 bits per heavy atom. The topological polar surface area (TPSA) is 80.1 Å². The van der Waals surface area contributed by atoms with Crippen LogP contribution in [0.3, 0.4) is 0 Å². The molecule has 1 aliphatic heterocycles. The minimum atomic E-state index is -0.109. The maximum atomic E-state index is 12.8. The second-order valence-electron chi connectivity index (χ2n) is 7.79. The van der Waals surface area contributed by atoms with E-state index in [1.54, 1.807) is 23.1 Å². The molecule has 1 aromatic carbocycles. The molecule has 2 aromatic heterocycles. The van der Waals surface area contributed by atoms with Gasteiger partial charge in [-0.15, -0.1) is 0 Å². The SMILES string of the molecule is Cc1ccc(NC(=O)C2CCN(C(=O)c3ccc(-n4cc(C)cn4)cc3)CC2)nc1. The molecule has 1 N–H and O–H groups in total. The van der Waals surface area contributed by atoms with Crippen LogP contribution in [0.1, 0.15) is 34.3 Å². The van der Waals surface area contributed by atoms with E-state index in [1.165, 1.54) is 0 Å². The fourth-order valence-electron chi connectivity index (χ4n) is 3.61. The number of piperidine rings is 1. The van der Waals surface area contributed by atoms with Gasteiger partial charge < -0.3 is 10.2 Å². The van der Waals surface area contributed by atoms with Gasteiger partial charge in [0, 0.05) is 37.0 Å². The first-order valence-electron chi connectivity index (χ1n) is 10.1. The van der Waals surface area contributed by atoms with Crippen LogP contribution < -0.4 is 5.32 Å². The van der Waals surface area contributed by atoms with E-state index in [4.69, 9.17) is 0 Å². The molecule has 0 unspecified atom stereocenters. The smallest absolute Gasteiger partial charge is 0.253 e. The number of aromatic nitrogens is 3. The standard InChI is InChI=1S/C23H25N5O2/c1-16-3-8-21(24-13-16)26-22(29)18-9-11-27(12-10-18)23(30)19-4-6-20(7-5-19)28-15-17(2)14-25-28/h3-8,13-15,18H,9-12H2,1-2H3,(H,24,26,29). The van der Waals surface area contributed by atoms with Gasteiger partial charge >= 0.3 is 0 Å². The number of carbonyl (C=O) groups is 2. The maximum Gasteiger partial charge on any atom is 0.253 e. The summed E-state index contributed by atoms with van der Waals surface area (Å²) in [4.78, 5) is 31.4. The molecular formula is C23H25N5O2. The van der Waals surface area contributed by atoms with Crippen LogP contribution in [-0.4, -0.2) is 44.6 Å². The molecule has 0 atom stereocenters. The van der Waals surface area contributed by atoms with Gasteiger partial charge in [-0.1, -0.05) is 6.07 Å². The number of nitrogens with one attached hydrogen (secondary N) is 1. The van der Waals surface area contributed by atoms with Crippen molar-refractivity contribution in [2.24, 2.45) is 5.92 Å². The maximum absolute atomic E-state index is 12.8. The zero-order valence-electron chi connectivity index (χ0n) is 17.2. The number of amides is 2. The monoisotopic (exact) mass is 403 g/mol. The van der Waals surface area contributed by atoms with Gasteiger partial charge in [0.1, 0.15) is 5.82 Å². The summed E-state index contributed by atoms with van der Waals surface area (Å²) in [5, 5.41) is 7.16. The number of hydrogen-bond donors (Lipinski definition) is 1. The van der Waals surface area contributed by atoms with Crippen molar-refractivity contribution in [1.82, 2.24) is 19.7 Å². The van der Waals surface area contributed by atoms with Crippen LogP contribution in [-0.2, 0) is 4.79 Å². The number of likely N-dealkylation sites (tertiary alicyclic amines) is 1. The molecule has 7 heteroatoms. The van der Waals surface area contributed by atoms with Crippen molar-refractivity contribution in [2.75, 3.05) is 18.4 Å². The summed E-state index contributed by atoms with van der Waals surface area (Å²) in [6.45, 7) is 5.08. The number of nitrogens with zero attached hydrogens (tertiary/aromatic N) is 4. The van der Waals surface area contributed by atoms with Gasteiger partial charge in [0.05, 0.1) is 11.9 Å². The molecular weight excluding hydrogens is 378 g/mol. The summed E-state index contributed by atoms with van der Waals surface area (Å²) >= 11 is 0. The molecule has 4 rings (SSSR count). The zero-order chi connectivity index (χ0) is 21.1. The molecule has 154 valence electrons. The van der Waals surface area contributed by atoms with Crippen molar-refractivity contribution in [3.05, 3.63) is 71.7 Å². The molecule has 0 bridgehead atoms. The highest BCUT2D eigenvalue weighted by Crippen LogP contribution is 2.21. The lowest BCUT2D eigenvalue weighted by atomic mass is 9.95. The van der Waals surface area contributed by atoms with Crippen LogP contribution in [0.15, 0.2) is 55.0 Å². The lowest BCUT2D eigenvalue weighted by Gasteiger charge is -2.31. The van der Waals surface area contributed by atoms with E-state index >= 15 is 0 Å². The lowest BCUT2D eigenvalue weighted by molar-refractivity contribution is -0.121. The molecule has 1 fully saturated rings. The quantitative estimate of drug-likeness (QED) is 0.724. The van der Waals surface area contributed by atoms with Crippen LogP contribution in [0, 0.1) is 19.8 Å². The van der Waals surface area contributed by atoms with Crippen molar-refractivity contribution in [3.63, 3.8) is 0 Å². The van der Waals surface area contributed by atoms with E-state index in [-0.39, 0.29) is 17.7 Å². The van der Waals surface area contributed by atoms with Gasteiger partial charge in [-0.25, -0.2) is 9.67 Å². The van der Waals surface area contributed by atoms with Gasteiger partial charge in [-0.3, -0.25) is 9.59 Å². The van der Waals surface area contributed by atoms with Crippen molar-refractivity contribution in [1.29, 1.82) is 0 Å². The Hall–Kier alpha value is -3.48. The molecule has 3 aromatic rings. The number of rotatable bonds is 4. The number of aryl methyl sites for hydroxylation is 2. The summed E-state index contributed by atoms with van der Waals surface area (Å²) < 4.78 is 1.79. The van der Waals surface area contributed by atoms with E-state index < -0.39 is 0 Å². The van der Waals surface area contributed by atoms with Crippen LogP contribution >= 0.6 is 0 Å². The molecule has 7 nitrogen and oxygen atoms in total. The molecule has 1 saturated heterocycles. The molecule has 0 spiro atoms. The minimum absolute atomic E-state index is 0.00254. The second-order valence-corrected chi connectivity index (χ2v) is 7.79. The van der Waals surface area contributed by atoms with Crippen LogP contribution in [0.4, 0.5) is 5.82 Å². The third kappa shape index (κ3) is 4.40. The van der Waals surface area contributed by atoms with Gasteiger partial charge in [0.2, 0.25) is 5.91 Å². The van der Waals surface area contributed by atoms with E-state index in [2.05, 4.69) is 15.4 Å². The minimum Gasteiger partial charge on any atom is -0.339 e. The number of benzene rings is 1. The van der Waals surface area contributed by atoms with E-state index in [0.717, 1.165) is 16.8 Å². The van der Waals surface area contributed by atoms with Gasteiger partial charge in [-0.2, -0.15) is 5.10 Å². The normalized spacial score (nSPS) is 14.5. The molecule has 2 amide bonds. The fraction of sp³-hybridized carbons (Fsp3) is 0.304. The summed E-state index contributed by atoms with van der Waals surface area (Å²) in [5.74, 6) is 0.425. The molecule has 1 aliphatic rings. The highest BCUT2D eigenvalue weighted by Gasteiger charge is 2.28. The van der Waals surface area contributed by atoms with Crippen molar-refractivity contribution < 1.29 is 9.59 Å². The van der Waals surface area contributed by atoms with Gasteiger partial charge in [-0.05, 0) is 68.1 Å². The fourth-order valence-corrected chi connectivity index (χ4v) is 3.61. The Kier molecular flexibility index (Phi) is 5.61.